The van der Waals surface area contributed by atoms with Gasteiger partial charge in [0.1, 0.15) is 0 Å². The van der Waals surface area contributed by atoms with Crippen molar-refractivity contribution in [3.05, 3.63) is 76.3 Å². The molecule has 5 heteroatoms. The fourth-order valence-corrected chi connectivity index (χ4v) is 2.63. The Kier molecular flexibility index (Phi) is 4.34. The van der Waals surface area contributed by atoms with Crippen molar-refractivity contribution in [2.24, 2.45) is 0 Å². The topological polar surface area (TPSA) is 58.6 Å². The third-order valence-electron chi connectivity index (χ3n) is 3.32. The number of hydrogen-bond donors (Lipinski definition) is 1. The maximum Gasteiger partial charge on any atom is 0.255 e. The Morgan fingerprint density at radius 1 is 1.09 bits per heavy atom. The molecular weight excluding hydrogens is 294 g/mol. The zero-order valence-corrected chi connectivity index (χ0v) is 12.9. The number of nitrogens with zero attached hydrogens (tertiary/aromatic N) is 2. The first kappa shape index (κ1) is 14.5. The lowest BCUT2D eigenvalue weighted by atomic mass is 10.0. The number of benzene rings is 1. The largest absolute Gasteiger partial charge is 0.301 e. The molecule has 0 aliphatic heterocycles. The Bertz CT molecular complexity index is 816. The summed E-state index contributed by atoms with van der Waals surface area (Å²) in [6.07, 6.45) is 4.09. The van der Waals surface area contributed by atoms with E-state index in [4.69, 9.17) is 0 Å². The van der Waals surface area contributed by atoms with Gasteiger partial charge in [-0.05, 0) is 18.4 Å². The molecule has 0 saturated carbocycles. The van der Waals surface area contributed by atoms with Crippen LogP contribution in [0.25, 0.3) is 11.3 Å². The zero-order valence-electron chi connectivity index (χ0n) is 12.1. The molecule has 3 aromatic rings. The van der Waals surface area contributed by atoms with Crippen LogP contribution >= 0.6 is 11.8 Å². The Morgan fingerprint density at radius 3 is 2.55 bits per heavy atom. The van der Waals surface area contributed by atoms with Crippen molar-refractivity contribution in [1.29, 1.82) is 0 Å². The fraction of sp³-hybridized carbons (Fsp3) is 0.118. The van der Waals surface area contributed by atoms with E-state index in [1.54, 1.807) is 6.20 Å². The first-order valence-corrected chi connectivity index (χ1v) is 8.13. The van der Waals surface area contributed by atoms with Gasteiger partial charge in [0.2, 0.25) is 0 Å². The molecule has 2 aromatic heterocycles. The number of thioether (sulfide) groups is 1. The van der Waals surface area contributed by atoms with Crippen LogP contribution in [0.2, 0.25) is 0 Å². The summed E-state index contributed by atoms with van der Waals surface area (Å²) in [5.74, 6) is 0. The lowest BCUT2D eigenvalue weighted by molar-refractivity contribution is 0.901. The van der Waals surface area contributed by atoms with Gasteiger partial charge in [0, 0.05) is 29.4 Å². The van der Waals surface area contributed by atoms with E-state index in [9.17, 15) is 4.79 Å². The predicted octanol–water partition coefficient (Wildman–Crippen LogP) is 3.14. The molecule has 0 aliphatic rings. The summed E-state index contributed by atoms with van der Waals surface area (Å²) in [5, 5.41) is 0.619. The number of H-pyrrole nitrogens is 1. The van der Waals surface area contributed by atoms with Crippen LogP contribution in [-0.4, -0.2) is 21.2 Å². The number of aromatic nitrogens is 3. The lowest BCUT2D eigenvalue weighted by Crippen LogP contribution is -2.17. The molecule has 0 atom stereocenters. The molecule has 1 N–H and O–H groups in total. The summed E-state index contributed by atoms with van der Waals surface area (Å²) < 4.78 is 0. The van der Waals surface area contributed by atoms with Gasteiger partial charge in [0.05, 0.1) is 5.69 Å². The molecule has 0 unspecified atom stereocenters. The van der Waals surface area contributed by atoms with Crippen LogP contribution in [0.15, 0.2) is 64.7 Å². The highest BCUT2D eigenvalue weighted by Gasteiger charge is 2.14. The van der Waals surface area contributed by atoms with Crippen molar-refractivity contribution in [1.82, 2.24) is 15.0 Å². The van der Waals surface area contributed by atoms with Crippen LogP contribution in [0.1, 0.15) is 11.3 Å². The summed E-state index contributed by atoms with van der Waals surface area (Å²) in [7, 11) is 0. The van der Waals surface area contributed by atoms with E-state index < -0.39 is 0 Å². The zero-order chi connectivity index (χ0) is 15.4. The van der Waals surface area contributed by atoms with Crippen molar-refractivity contribution < 1.29 is 0 Å². The molecule has 0 bridgehead atoms. The Hall–Kier alpha value is -2.40. The van der Waals surface area contributed by atoms with E-state index in [-0.39, 0.29) is 5.56 Å². The molecular formula is C17H15N3OS. The lowest BCUT2D eigenvalue weighted by Gasteiger charge is -2.09. The van der Waals surface area contributed by atoms with Crippen molar-refractivity contribution in [3.8, 4) is 11.3 Å². The highest BCUT2D eigenvalue weighted by atomic mass is 32.2. The Labute approximate surface area is 132 Å². The molecule has 22 heavy (non-hydrogen) atoms. The molecule has 110 valence electrons. The fourth-order valence-electron chi connectivity index (χ4n) is 2.26. The number of hydrogen-bond acceptors (Lipinski definition) is 4. The van der Waals surface area contributed by atoms with Gasteiger partial charge >= 0.3 is 0 Å². The van der Waals surface area contributed by atoms with Crippen LogP contribution in [0.5, 0.6) is 0 Å². The second-order valence-corrected chi connectivity index (χ2v) is 5.56. The summed E-state index contributed by atoms with van der Waals surface area (Å²) in [6.45, 7) is 0. The summed E-state index contributed by atoms with van der Waals surface area (Å²) >= 11 is 1.42. The van der Waals surface area contributed by atoms with Crippen LogP contribution in [0, 0.1) is 0 Å². The van der Waals surface area contributed by atoms with Gasteiger partial charge in [-0.3, -0.25) is 9.78 Å². The molecule has 0 fully saturated rings. The van der Waals surface area contributed by atoms with Crippen LogP contribution in [0.3, 0.4) is 0 Å². The highest BCUT2D eigenvalue weighted by molar-refractivity contribution is 7.98. The SMILES string of the molecule is CSc1nc(-c2ccccc2)c(Cc2ccccn2)c(=O)[nH]1. The normalized spacial score (nSPS) is 10.6. The van der Waals surface area contributed by atoms with Crippen LogP contribution in [0.4, 0.5) is 0 Å². The highest BCUT2D eigenvalue weighted by Crippen LogP contribution is 2.22. The van der Waals surface area contributed by atoms with Gasteiger partial charge in [-0.25, -0.2) is 4.98 Å². The monoisotopic (exact) mass is 309 g/mol. The van der Waals surface area contributed by atoms with Crippen molar-refractivity contribution >= 4 is 11.8 Å². The smallest absolute Gasteiger partial charge is 0.255 e. The van der Waals surface area contributed by atoms with Crippen molar-refractivity contribution in [2.75, 3.05) is 6.26 Å². The number of rotatable bonds is 4. The maximum atomic E-state index is 12.5. The van der Waals surface area contributed by atoms with Gasteiger partial charge in [0.25, 0.3) is 5.56 Å². The van der Waals surface area contributed by atoms with Crippen LogP contribution in [-0.2, 0) is 6.42 Å². The molecule has 1 aromatic carbocycles. The quantitative estimate of drug-likeness (QED) is 0.594. The third-order valence-corrected chi connectivity index (χ3v) is 3.90. The van der Waals surface area contributed by atoms with E-state index in [0.29, 0.717) is 17.1 Å². The predicted molar refractivity (Wildman–Crippen MR) is 89.1 cm³/mol. The first-order chi connectivity index (χ1) is 10.8. The van der Waals surface area contributed by atoms with Crippen molar-refractivity contribution in [3.63, 3.8) is 0 Å². The summed E-state index contributed by atoms with van der Waals surface area (Å²) in [4.78, 5) is 24.2. The van der Waals surface area contributed by atoms with Gasteiger partial charge < -0.3 is 4.98 Å². The summed E-state index contributed by atoms with van der Waals surface area (Å²) in [6, 6.07) is 15.5. The minimum atomic E-state index is -0.108. The number of aromatic amines is 1. The van der Waals surface area contributed by atoms with Gasteiger partial charge in [-0.1, -0.05) is 48.2 Å². The molecule has 0 radical (unpaired) electrons. The second-order valence-electron chi connectivity index (χ2n) is 4.77. The van der Waals surface area contributed by atoms with Gasteiger partial charge in [-0.15, -0.1) is 0 Å². The van der Waals surface area contributed by atoms with E-state index in [0.717, 1.165) is 17.0 Å². The van der Waals surface area contributed by atoms with E-state index in [2.05, 4.69) is 15.0 Å². The molecule has 0 saturated heterocycles. The molecule has 0 spiro atoms. The average molecular weight is 309 g/mol. The number of nitrogens with one attached hydrogen (secondary N) is 1. The van der Waals surface area contributed by atoms with E-state index in [1.165, 1.54) is 11.8 Å². The van der Waals surface area contributed by atoms with Crippen molar-refractivity contribution in [2.45, 2.75) is 11.6 Å². The molecule has 4 nitrogen and oxygen atoms in total. The van der Waals surface area contributed by atoms with E-state index in [1.807, 2.05) is 54.8 Å². The van der Waals surface area contributed by atoms with Crippen LogP contribution < -0.4 is 5.56 Å². The minimum Gasteiger partial charge on any atom is -0.301 e. The maximum absolute atomic E-state index is 12.5. The first-order valence-electron chi connectivity index (χ1n) is 6.90. The summed E-state index contributed by atoms with van der Waals surface area (Å²) in [5.41, 5.74) is 3.05. The third kappa shape index (κ3) is 3.09. The Balaban J connectivity index is 2.14. The minimum absolute atomic E-state index is 0.108. The number of pyridine rings is 1. The molecule has 3 rings (SSSR count). The van der Waals surface area contributed by atoms with E-state index >= 15 is 0 Å². The van der Waals surface area contributed by atoms with Gasteiger partial charge in [-0.2, -0.15) is 0 Å². The van der Waals surface area contributed by atoms with Gasteiger partial charge in [0.15, 0.2) is 5.16 Å². The standard InChI is InChI=1S/C17H15N3OS/c1-22-17-19-15(12-7-3-2-4-8-12)14(16(21)20-17)11-13-9-5-6-10-18-13/h2-10H,11H2,1H3,(H,19,20,21). The Morgan fingerprint density at radius 2 is 1.86 bits per heavy atom. The average Bonchev–Trinajstić information content (AvgIpc) is 2.58. The molecule has 2 heterocycles. The molecule has 0 amide bonds. The molecule has 0 aliphatic carbocycles. The second kappa shape index (κ2) is 6.58.